The second-order valence-electron chi connectivity index (χ2n) is 5.03. The Hall–Kier alpha value is -1.85. The molecule has 0 saturated heterocycles. The number of nitro groups is 1. The van der Waals surface area contributed by atoms with E-state index in [1.54, 1.807) is 0 Å². The van der Waals surface area contributed by atoms with E-state index in [1.807, 2.05) is 0 Å². The topological polar surface area (TPSA) is 94.1 Å². The molecule has 1 aromatic rings. The molecule has 98 valence electrons. The summed E-state index contributed by atoms with van der Waals surface area (Å²) in [5, 5.41) is 14.1. The van der Waals surface area contributed by atoms with Gasteiger partial charge in [0.25, 0.3) is 0 Å². The number of hydrogen-bond acceptors (Lipinski definition) is 5. The number of rotatable bonds is 3. The standard InChI is InChI=1S/C12H18N4O2/c1-7-3-4-9(8(7)2)14-12-10(16(17)18)5-6-11(13)15-12/h5-9H,3-4H2,1-2H3,(H3,13,14,15). The molecule has 6 heteroatoms. The molecule has 0 spiro atoms. The van der Waals surface area contributed by atoms with E-state index < -0.39 is 4.92 Å². The fourth-order valence-corrected chi connectivity index (χ4v) is 2.46. The van der Waals surface area contributed by atoms with Crippen LogP contribution in [0.4, 0.5) is 17.3 Å². The second kappa shape index (κ2) is 4.80. The van der Waals surface area contributed by atoms with Gasteiger partial charge in [-0.25, -0.2) is 4.98 Å². The maximum Gasteiger partial charge on any atom is 0.311 e. The fourth-order valence-electron chi connectivity index (χ4n) is 2.46. The van der Waals surface area contributed by atoms with Crippen LogP contribution in [-0.4, -0.2) is 15.9 Å². The third-order valence-corrected chi connectivity index (χ3v) is 3.88. The predicted molar refractivity (Wildman–Crippen MR) is 70.3 cm³/mol. The lowest BCUT2D eigenvalue weighted by Crippen LogP contribution is -2.25. The lowest BCUT2D eigenvalue weighted by Gasteiger charge is -2.20. The van der Waals surface area contributed by atoms with E-state index in [2.05, 4.69) is 24.1 Å². The van der Waals surface area contributed by atoms with E-state index in [9.17, 15) is 10.1 Å². The van der Waals surface area contributed by atoms with Crippen molar-refractivity contribution >= 4 is 17.3 Å². The summed E-state index contributed by atoms with van der Waals surface area (Å²) in [6.07, 6.45) is 2.14. The molecule has 0 amide bonds. The van der Waals surface area contributed by atoms with E-state index in [1.165, 1.54) is 12.1 Å². The Morgan fingerprint density at radius 3 is 2.72 bits per heavy atom. The molecule has 1 aromatic heterocycles. The highest BCUT2D eigenvalue weighted by Crippen LogP contribution is 2.34. The molecule has 1 aliphatic rings. The van der Waals surface area contributed by atoms with Crippen molar-refractivity contribution < 1.29 is 4.92 Å². The summed E-state index contributed by atoms with van der Waals surface area (Å²) in [4.78, 5) is 14.5. The first kappa shape index (κ1) is 12.6. The summed E-state index contributed by atoms with van der Waals surface area (Å²) in [5.41, 5.74) is 5.57. The zero-order valence-electron chi connectivity index (χ0n) is 10.6. The van der Waals surface area contributed by atoms with Crippen LogP contribution < -0.4 is 11.1 Å². The van der Waals surface area contributed by atoms with Crippen LogP contribution >= 0.6 is 0 Å². The summed E-state index contributed by atoms with van der Waals surface area (Å²) < 4.78 is 0. The zero-order valence-corrected chi connectivity index (χ0v) is 10.6. The molecule has 0 aromatic carbocycles. The lowest BCUT2D eigenvalue weighted by atomic mass is 9.98. The van der Waals surface area contributed by atoms with E-state index in [-0.39, 0.29) is 17.5 Å². The summed E-state index contributed by atoms with van der Waals surface area (Å²) in [7, 11) is 0. The third kappa shape index (κ3) is 2.37. The Morgan fingerprint density at radius 1 is 1.44 bits per heavy atom. The molecule has 2 rings (SSSR count). The van der Waals surface area contributed by atoms with Crippen molar-refractivity contribution in [2.24, 2.45) is 11.8 Å². The Bertz CT molecular complexity index is 463. The average molecular weight is 250 g/mol. The van der Waals surface area contributed by atoms with Crippen LogP contribution in [0.1, 0.15) is 26.7 Å². The van der Waals surface area contributed by atoms with Crippen molar-refractivity contribution in [1.82, 2.24) is 4.98 Å². The highest BCUT2D eigenvalue weighted by molar-refractivity contribution is 5.59. The van der Waals surface area contributed by atoms with Crippen molar-refractivity contribution in [2.75, 3.05) is 11.1 Å². The van der Waals surface area contributed by atoms with Gasteiger partial charge in [0.2, 0.25) is 5.82 Å². The SMILES string of the molecule is CC1CCC(Nc2nc(N)ccc2[N+](=O)[O-])C1C. The van der Waals surface area contributed by atoms with Crippen molar-refractivity contribution in [2.45, 2.75) is 32.7 Å². The van der Waals surface area contributed by atoms with Crippen molar-refractivity contribution in [1.29, 1.82) is 0 Å². The number of hydrogen-bond donors (Lipinski definition) is 2. The minimum atomic E-state index is -0.433. The zero-order chi connectivity index (χ0) is 13.3. The quantitative estimate of drug-likeness (QED) is 0.634. The minimum absolute atomic E-state index is 0.0176. The van der Waals surface area contributed by atoms with Crippen LogP contribution in [0.3, 0.4) is 0 Å². The van der Waals surface area contributed by atoms with Gasteiger partial charge in [-0.2, -0.15) is 0 Å². The number of nitrogens with one attached hydrogen (secondary N) is 1. The molecule has 1 aliphatic carbocycles. The van der Waals surface area contributed by atoms with E-state index in [4.69, 9.17) is 5.73 Å². The summed E-state index contributed by atoms with van der Waals surface area (Å²) in [6, 6.07) is 3.07. The summed E-state index contributed by atoms with van der Waals surface area (Å²) >= 11 is 0. The van der Waals surface area contributed by atoms with Crippen molar-refractivity contribution in [3.8, 4) is 0 Å². The van der Waals surface area contributed by atoms with Crippen molar-refractivity contribution in [3.05, 3.63) is 22.2 Å². The maximum absolute atomic E-state index is 10.9. The number of aromatic nitrogens is 1. The van der Waals surface area contributed by atoms with E-state index >= 15 is 0 Å². The molecule has 3 atom stereocenters. The Balaban J connectivity index is 2.23. The first-order valence-corrected chi connectivity index (χ1v) is 6.16. The van der Waals surface area contributed by atoms with Crippen LogP contribution in [0.25, 0.3) is 0 Å². The molecule has 0 radical (unpaired) electrons. The van der Waals surface area contributed by atoms with Crippen LogP contribution in [0.5, 0.6) is 0 Å². The fraction of sp³-hybridized carbons (Fsp3) is 0.583. The monoisotopic (exact) mass is 250 g/mol. The van der Waals surface area contributed by atoms with Gasteiger partial charge in [-0.1, -0.05) is 13.8 Å². The molecule has 0 bridgehead atoms. The molecular formula is C12H18N4O2. The molecule has 1 saturated carbocycles. The Kier molecular flexibility index (Phi) is 3.36. The normalized spacial score (nSPS) is 27.1. The van der Waals surface area contributed by atoms with Gasteiger partial charge in [-0.3, -0.25) is 10.1 Å². The van der Waals surface area contributed by atoms with Crippen LogP contribution in [0.15, 0.2) is 12.1 Å². The molecule has 3 unspecified atom stereocenters. The van der Waals surface area contributed by atoms with Gasteiger partial charge in [0.05, 0.1) is 4.92 Å². The van der Waals surface area contributed by atoms with E-state index in [0.717, 1.165) is 12.8 Å². The number of nitrogens with two attached hydrogens (primary N) is 1. The van der Waals surface area contributed by atoms with Gasteiger partial charge >= 0.3 is 5.69 Å². The Morgan fingerprint density at radius 2 is 2.17 bits per heavy atom. The summed E-state index contributed by atoms with van der Waals surface area (Å²) in [5.74, 6) is 1.68. The second-order valence-corrected chi connectivity index (χ2v) is 5.03. The number of nitrogen functional groups attached to an aromatic ring is 1. The maximum atomic E-state index is 10.9. The Labute approximate surface area is 106 Å². The third-order valence-electron chi connectivity index (χ3n) is 3.88. The average Bonchev–Trinajstić information content (AvgIpc) is 2.61. The predicted octanol–water partition coefficient (Wildman–Crippen LogP) is 2.42. The number of anilines is 2. The lowest BCUT2D eigenvalue weighted by molar-refractivity contribution is -0.384. The molecule has 0 aliphatic heterocycles. The van der Waals surface area contributed by atoms with Gasteiger partial charge in [0.15, 0.2) is 0 Å². The highest BCUT2D eigenvalue weighted by atomic mass is 16.6. The van der Waals surface area contributed by atoms with E-state index in [0.29, 0.717) is 17.7 Å². The van der Waals surface area contributed by atoms with Crippen LogP contribution in [0.2, 0.25) is 0 Å². The molecule has 3 N–H and O–H groups in total. The summed E-state index contributed by atoms with van der Waals surface area (Å²) in [6.45, 7) is 4.36. The first-order chi connectivity index (χ1) is 8.49. The van der Waals surface area contributed by atoms with Crippen LogP contribution in [0, 0.1) is 22.0 Å². The molecule has 1 fully saturated rings. The molecule has 1 heterocycles. The smallest absolute Gasteiger partial charge is 0.311 e. The molecule has 6 nitrogen and oxygen atoms in total. The first-order valence-electron chi connectivity index (χ1n) is 6.16. The molecular weight excluding hydrogens is 232 g/mol. The van der Waals surface area contributed by atoms with Crippen molar-refractivity contribution in [3.63, 3.8) is 0 Å². The largest absolute Gasteiger partial charge is 0.384 e. The highest BCUT2D eigenvalue weighted by Gasteiger charge is 2.31. The van der Waals surface area contributed by atoms with Gasteiger partial charge in [-0.05, 0) is 30.7 Å². The number of nitrogens with zero attached hydrogens (tertiary/aromatic N) is 2. The van der Waals surface area contributed by atoms with Gasteiger partial charge in [-0.15, -0.1) is 0 Å². The van der Waals surface area contributed by atoms with Crippen LogP contribution in [-0.2, 0) is 0 Å². The van der Waals surface area contributed by atoms with Gasteiger partial charge < -0.3 is 11.1 Å². The number of pyridine rings is 1. The molecule has 18 heavy (non-hydrogen) atoms. The minimum Gasteiger partial charge on any atom is -0.384 e. The van der Waals surface area contributed by atoms with Gasteiger partial charge in [0.1, 0.15) is 5.82 Å². The van der Waals surface area contributed by atoms with Gasteiger partial charge in [0, 0.05) is 12.1 Å².